The first-order chi connectivity index (χ1) is 11.4. The van der Waals surface area contributed by atoms with Crippen molar-refractivity contribution in [1.82, 2.24) is 9.78 Å². The summed E-state index contributed by atoms with van der Waals surface area (Å²) >= 11 is 0. The molecule has 0 amide bonds. The summed E-state index contributed by atoms with van der Waals surface area (Å²) in [5, 5.41) is 25.2. The molecule has 0 aliphatic heterocycles. The summed E-state index contributed by atoms with van der Waals surface area (Å²) in [6, 6.07) is 7.47. The molecule has 1 heterocycles. The number of ether oxygens (including phenoxy) is 2. The van der Waals surface area contributed by atoms with E-state index in [4.69, 9.17) is 9.47 Å². The van der Waals surface area contributed by atoms with Crippen molar-refractivity contribution in [2.75, 3.05) is 13.7 Å². The Morgan fingerprint density at radius 1 is 1.38 bits per heavy atom. The average Bonchev–Trinajstić information content (AvgIpc) is 2.81. The second-order valence-corrected chi connectivity index (χ2v) is 5.44. The smallest absolute Gasteiger partial charge is 0.312 e. The summed E-state index contributed by atoms with van der Waals surface area (Å²) in [4.78, 5) is 10.5. The first kappa shape index (κ1) is 17.9. The Morgan fingerprint density at radius 2 is 2.08 bits per heavy atom. The number of rotatable bonds is 8. The fourth-order valence-corrected chi connectivity index (χ4v) is 2.51. The van der Waals surface area contributed by atoms with Crippen LogP contribution in [-0.2, 0) is 17.9 Å². The molecule has 130 valence electrons. The Labute approximate surface area is 139 Å². The molecule has 2 aromatic rings. The molecule has 0 saturated carbocycles. The molecule has 1 atom stereocenters. The molecule has 0 bridgehead atoms. The van der Waals surface area contributed by atoms with Crippen molar-refractivity contribution in [3.63, 3.8) is 0 Å². The number of nitrogens with zero attached hydrogens (tertiary/aromatic N) is 3. The molecule has 1 N–H and O–H groups in total. The zero-order chi connectivity index (χ0) is 17.7. The largest absolute Gasteiger partial charge is 0.496 e. The highest BCUT2D eigenvalue weighted by atomic mass is 16.6. The highest BCUT2D eigenvalue weighted by molar-refractivity contribution is 5.39. The number of methoxy groups -OCH3 is 1. The third kappa shape index (κ3) is 4.09. The van der Waals surface area contributed by atoms with Crippen LogP contribution in [-0.4, -0.2) is 39.6 Å². The number of para-hydroxylation sites is 1. The van der Waals surface area contributed by atoms with Crippen molar-refractivity contribution in [2.24, 2.45) is 0 Å². The minimum Gasteiger partial charge on any atom is -0.496 e. The van der Waals surface area contributed by atoms with Crippen LogP contribution in [0.2, 0.25) is 0 Å². The number of aromatic nitrogens is 2. The maximum atomic E-state index is 11.0. The number of nitro groups is 1. The standard InChI is InChI=1S/C16H21N3O5/c1-11-16(19(21)22)12(2)18(17-11)8-14(20)10-24-9-13-6-4-5-7-15(13)23-3/h4-7,14,20H,8-10H2,1-3H3. The lowest BCUT2D eigenvalue weighted by molar-refractivity contribution is -0.386. The van der Waals surface area contributed by atoms with Gasteiger partial charge in [-0.3, -0.25) is 14.8 Å². The predicted octanol–water partition coefficient (Wildman–Crippen LogP) is 1.99. The van der Waals surface area contributed by atoms with Gasteiger partial charge in [0.15, 0.2) is 0 Å². The van der Waals surface area contributed by atoms with E-state index in [1.165, 1.54) is 4.68 Å². The predicted molar refractivity (Wildman–Crippen MR) is 87.0 cm³/mol. The van der Waals surface area contributed by atoms with Crippen LogP contribution in [0, 0.1) is 24.0 Å². The van der Waals surface area contributed by atoms with Gasteiger partial charge in [-0.15, -0.1) is 0 Å². The van der Waals surface area contributed by atoms with Crippen molar-refractivity contribution < 1.29 is 19.5 Å². The van der Waals surface area contributed by atoms with Crippen LogP contribution in [0.5, 0.6) is 5.75 Å². The van der Waals surface area contributed by atoms with Crippen molar-refractivity contribution in [2.45, 2.75) is 33.1 Å². The molecule has 1 aromatic heterocycles. The zero-order valence-electron chi connectivity index (χ0n) is 13.9. The number of hydrogen-bond donors (Lipinski definition) is 1. The minimum atomic E-state index is -0.822. The van der Waals surface area contributed by atoms with Crippen LogP contribution in [0.1, 0.15) is 17.0 Å². The van der Waals surface area contributed by atoms with Crippen molar-refractivity contribution in [1.29, 1.82) is 0 Å². The van der Waals surface area contributed by atoms with E-state index in [0.29, 0.717) is 18.0 Å². The molecular formula is C16H21N3O5. The van der Waals surface area contributed by atoms with Crippen LogP contribution >= 0.6 is 0 Å². The van der Waals surface area contributed by atoms with Gasteiger partial charge in [-0.25, -0.2) is 0 Å². The SMILES string of the molecule is COc1ccccc1COCC(O)Cn1nc(C)c([N+](=O)[O-])c1C. The summed E-state index contributed by atoms with van der Waals surface area (Å²) in [7, 11) is 1.59. The summed E-state index contributed by atoms with van der Waals surface area (Å²) in [6.07, 6.45) is -0.822. The molecule has 0 aliphatic rings. The number of aliphatic hydroxyl groups is 1. The molecule has 0 saturated heterocycles. The molecule has 0 fully saturated rings. The second-order valence-electron chi connectivity index (χ2n) is 5.44. The number of hydrogen-bond acceptors (Lipinski definition) is 6. The molecule has 8 heteroatoms. The zero-order valence-corrected chi connectivity index (χ0v) is 13.9. The molecule has 2 rings (SSSR count). The Morgan fingerprint density at radius 3 is 2.71 bits per heavy atom. The number of aliphatic hydroxyl groups excluding tert-OH is 1. The average molecular weight is 335 g/mol. The van der Waals surface area contributed by atoms with Gasteiger partial charge in [-0.2, -0.15) is 5.10 Å². The summed E-state index contributed by atoms with van der Waals surface area (Å²) < 4.78 is 12.2. The molecule has 1 unspecified atom stereocenters. The van der Waals surface area contributed by atoms with Gasteiger partial charge in [0.25, 0.3) is 0 Å². The third-order valence-corrected chi connectivity index (χ3v) is 3.67. The first-order valence-electron chi connectivity index (χ1n) is 7.50. The summed E-state index contributed by atoms with van der Waals surface area (Å²) in [5.41, 5.74) is 1.62. The van der Waals surface area contributed by atoms with Crippen molar-refractivity contribution in [3.05, 3.63) is 51.3 Å². The van der Waals surface area contributed by atoms with Gasteiger partial charge in [0, 0.05) is 5.56 Å². The van der Waals surface area contributed by atoms with E-state index in [1.54, 1.807) is 21.0 Å². The lowest BCUT2D eigenvalue weighted by atomic mass is 10.2. The maximum Gasteiger partial charge on any atom is 0.312 e. The Bertz CT molecular complexity index is 714. The van der Waals surface area contributed by atoms with Crippen molar-refractivity contribution >= 4 is 5.69 Å². The van der Waals surface area contributed by atoms with E-state index in [1.807, 2.05) is 24.3 Å². The van der Waals surface area contributed by atoms with Crippen LogP contribution in [0.25, 0.3) is 0 Å². The van der Waals surface area contributed by atoms with E-state index in [2.05, 4.69) is 5.10 Å². The van der Waals surface area contributed by atoms with Gasteiger partial charge in [0.1, 0.15) is 17.1 Å². The highest BCUT2D eigenvalue weighted by Gasteiger charge is 2.22. The minimum absolute atomic E-state index is 0.0165. The topological polar surface area (TPSA) is 99.7 Å². The lowest BCUT2D eigenvalue weighted by Gasteiger charge is -2.13. The number of benzene rings is 1. The normalized spacial score (nSPS) is 12.2. The van der Waals surface area contributed by atoms with Gasteiger partial charge >= 0.3 is 5.69 Å². The highest BCUT2D eigenvalue weighted by Crippen LogP contribution is 2.22. The van der Waals surface area contributed by atoms with Gasteiger partial charge < -0.3 is 14.6 Å². The van der Waals surface area contributed by atoms with E-state index < -0.39 is 11.0 Å². The van der Waals surface area contributed by atoms with E-state index in [0.717, 1.165) is 11.3 Å². The Kier molecular flexibility index (Phi) is 5.88. The molecule has 24 heavy (non-hydrogen) atoms. The number of aryl methyl sites for hydroxylation is 1. The van der Waals surface area contributed by atoms with E-state index in [9.17, 15) is 15.2 Å². The van der Waals surface area contributed by atoms with Gasteiger partial charge in [0.05, 0.1) is 37.9 Å². The summed E-state index contributed by atoms with van der Waals surface area (Å²) in [5.74, 6) is 0.723. The van der Waals surface area contributed by atoms with Gasteiger partial charge in [-0.05, 0) is 19.9 Å². The lowest BCUT2D eigenvalue weighted by Crippen LogP contribution is -2.23. The molecule has 8 nitrogen and oxygen atoms in total. The van der Waals surface area contributed by atoms with Crippen LogP contribution < -0.4 is 4.74 Å². The summed E-state index contributed by atoms with van der Waals surface area (Å²) in [6.45, 7) is 3.71. The van der Waals surface area contributed by atoms with E-state index in [-0.39, 0.29) is 18.8 Å². The van der Waals surface area contributed by atoms with Crippen LogP contribution in [0.3, 0.4) is 0 Å². The van der Waals surface area contributed by atoms with Gasteiger partial charge in [0.2, 0.25) is 0 Å². The maximum absolute atomic E-state index is 11.0. The third-order valence-electron chi connectivity index (χ3n) is 3.67. The molecule has 0 radical (unpaired) electrons. The van der Waals surface area contributed by atoms with Crippen molar-refractivity contribution in [3.8, 4) is 5.75 Å². The Hall–Kier alpha value is -2.45. The fraction of sp³-hybridized carbons (Fsp3) is 0.438. The molecular weight excluding hydrogens is 314 g/mol. The van der Waals surface area contributed by atoms with Gasteiger partial charge in [-0.1, -0.05) is 18.2 Å². The molecule has 0 spiro atoms. The van der Waals surface area contributed by atoms with Crippen LogP contribution in [0.15, 0.2) is 24.3 Å². The fourth-order valence-electron chi connectivity index (χ4n) is 2.51. The quantitative estimate of drug-likeness (QED) is 0.585. The second kappa shape index (κ2) is 7.89. The molecule has 0 aliphatic carbocycles. The molecule has 1 aromatic carbocycles. The first-order valence-corrected chi connectivity index (χ1v) is 7.50. The van der Waals surface area contributed by atoms with Crippen LogP contribution in [0.4, 0.5) is 5.69 Å². The van der Waals surface area contributed by atoms with E-state index >= 15 is 0 Å². The monoisotopic (exact) mass is 335 g/mol. The Balaban J connectivity index is 1.91.